The van der Waals surface area contributed by atoms with Gasteiger partial charge >= 0.3 is 0 Å². The van der Waals surface area contributed by atoms with Crippen LogP contribution in [0.4, 0.5) is 17.1 Å². The number of anilines is 3. The second-order valence-electron chi connectivity index (χ2n) is 14.4. The maximum Gasteiger partial charge on any atom is 0.0760 e. The first-order chi connectivity index (χ1) is 28.1. The van der Waals surface area contributed by atoms with E-state index in [4.69, 9.17) is 5.73 Å². The van der Waals surface area contributed by atoms with Gasteiger partial charge in [0, 0.05) is 5.69 Å². The average molecular weight is 744 g/mol. The summed E-state index contributed by atoms with van der Waals surface area (Å²) in [7, 11) is 1.50. The molecule has 1 atom stereocenters. The van der Waals surface area contributed by atoms with E-state index in [0.29, 0.717) is 5.92 Å². The van der Waals surface area contributed by atoms with Crippen molar-refractivity contribution in [2.24, 2.45) is 11.5 Å². The van der Waals surface area contributed by atoms with Crippen molar-refractivity contribution < 1.29 is 0 Å². The van der Waals surface area contributed by atoms with E-state index in [2.05, 4.69) is 206 Å². The maximum absolute atomic E-state index is 7.00. The Balaban J connectivity index is 0.000000333. The fourth-order valence-electron chi connectivity index (χ4n) is 8.69. The first-order valence-electron chi connectivity index (χ1n) is 20.2. The van der Waals surface area contributed by atoms with Crippen LogP contribution in [0, 0.1) is 0 Å². The van der Waals surface area contributed by atoms with Crippen LogP contribution >= 0.6 is 0 Å². The van der Waals surface area contributed by atoms with Crippen molar-refractivity contribution in [3.63, 3.8) is 0 Å². The van der Waals surface area contributed by atoms with Crippen LogP contribution in [0.2, 0.25) is 0 Å². The van der Waals surface area contributed by atoms with Gasteiger partial charge in [0.05, 0.1) is 22.8 Å². The van der Waals surface area contributed by atoms with Gasteiger partial charge in [-0.3, -0.25) is 0 Å². The van der Waals surface area contributed by atoms with Gasteiger partial charge in [-0.25, -0.2) is 0 Å². The summed E-state index contributed by atoms with van der Waals surface area (Å²) < 4.78 is 0. The Morgan fingerprint density at radius 1 is 0.456 bits per heavy atom. The van der Waals surface area contributed by atoms with Crippen molar-refractivity contribution >= 4 is 27.8 Å². The van der Waals surface area contributed by atoms with E-state index in [0.717, 1.165) is 16.8 Å². The van der Waals surface area contributed by atoms with E-state index in [1.807, 2.05) is 26.0 Å². The van der Waals surface area contributed by atoms with Gasteiger partial charge in [-0.1, -0.05) is 198 Å². The molecule has 1 aliphatic carbocycles. The fraction of sp³-hybridized carbons (Fsp3) is 0.148. The standard InChI is InChI=1S/C42H30N2.C9H12.C2H6.CH5N/c43-41(29-14-3-1-4-15-29)30-24-25-33-34-26-23-28-13-7-8-18-32(28)40(34)42(37(33)27-30)35-19-9-11-21-38(35)44(31-16-5-2-6-17-31)39-22-12-10-20-36(39)42;1-8(2)9-6-4-3-5-7-9;2*1-2/h1-27,41H,43H2;3-8H,1-2H3;1-2H3;2H2,1H3. The molecule has 10 rings (SSSR count). The van der Waals surface area contributed by atoms with Crippen LogP contribution in [0.3, 0.4) is 0 Å². The first kappa shape index (κ1) is 39.0. The molecular weight excluding hydrogens is 691 g/mol. The minimum Gasteiger partial charge on any atom is -0.333 e. The summed E-state index contributed by atoms with van der Waals surface area (Å²) >= 11 is 0. The predicted octanol–water partition coefficient (Wildman–Crippen LogP) is 13.4. The topological polar surface area (TPSA) is 55.3 Å². The number of rotatable bonds is 4. The minimum absolute atomic E-state index is 0.228. The van der Waals surface area contributed by atoms with E-state index < -0.39 is 5.41 Å². The average Bonchev–Trinajstić information content (AvgIpc) is 3.59. The summed E-state index contributed by atoms with van der Waals surface area (Å²) in [5.74, 6) is 0.659. The maximum atomic E-state index is 7.00. The van der Waals surface area contributed by atoms with E-state index in [1.165, 1.54) is 68.1 Å². The fourth-order valence-corrected chi connectivity index (χ4v) is 8.69. The van der Waals surface area contributed by atoms with Gasteiger partial charge in [0.2, 0.25) is 0 Å². The van der Waals surface area contributed by atoms with Crippen LogP contribution in [-0.2, 0) is 5.41 Å². The molecule has 0 aromatic heterocycles. The van der Waals surface area contributed by atoms with Gasteiger partial charge in [0.1, 0.15) is 0 Å². The highest BCUT2D eigenvalue weighted by atomic mass is 15.2. The third-order valence-corrected chi connectivity index (χ3v) is 11.1. The van der Waals surface area contributed by atoms with E-state index in [9.17, 15) is 0 Å². The normalized spacial score (nSPS) is 13.0. The van der Waals surface area contributed by atoms with E-state index >= 15 is 0 Å². The number of nitrogens with zero attached hydrogens (tertiary/aromatic N) is 1. The summed E-state index contributed by atoms with van der Waals surface area (Å²) in [6.45, 7) is 8.41. The zero-order valence-corrected chi connectivity index (χ0v) is 33.7. The number of fused-ring (bicyclic) bond motifs is 11. The Labute approximate surface area is 339 Å². The molecule has 0 radical (unpaired) electrons. The Hall–Kier alpha value is -6.26. The lowest BCUT2D eigenvalue weighted by atomic mass is 9.63. The Morgan fingerprint density at radius 2 is 0.947 bits per heavy atom. The number of hydrogen-bond acceptors (Lipinski definition) is 3. The number of para-hydroxylation sites is 3. The Bertz CT molecular complexity index is 2510. The molecule has 1 aliphatic heterocycles. The van der Waals surface area contributed by atoms with Gasteiger partial charge in [0.25, 0.3) is 0 Å². The van der Waals surface area contributed by atoms with Crippen molar-refractivity contribution in [1.29, 1.82) is 0 Å². The lowest BCUT2D eigenvalue weighted by molar-refractivity contribution is 0.753. The second kappa shape index (κ2) is 17.3. The Kier molecular flexibility index (Phi) is 11.8. The first-order valence-corrected chi connectivity index (χ1v) is 20.2. The molecule has 57 heavy (non-hydrogen) atoms. The third kappa shape index (κ3) is 6.84. The van der Waals surface area contributed by atoms with E-state index in [1.54, 1.807) is 0 Å². The second-order valence-corrected chi connectivity index (χ2v) is 14.4. The Morgan fingerprint density at radius 3 is 1.53 bits per heavy atom. The van der Waals surface area contributed by atoms with Crippen LogP contribution < -0.4 is 16.4 Å². The van der Waals surface area contributed by atoms with Crippen molar-refractivity contribution in [1.82, 2.24) is 0 Å². The molecule has 1 unspecified atom stereocenters. The van der Waals surface area contributed by atoms with Gasteiger partial charge in [0.15, 0.2) is 0 Å². The van der Waals surface area contributed by atoms with Crippen LogP contribution in [0.15, 0.2) is 194 Å². The van der Waals surface area contributed by atoms with Gasteiger partial charge < -0.3 is 16.4 Å². The molecule has 284 valence electrons. The van der Waals surface area contributed by atoms with E-state index in [-0.39, 0.29) is 6.04 Å². The van der Waals surface area contributed by atoms with Crippen molar-refractivity contribution in [2.45, 2.75) is 45.1 Å². The summed E-state index contributed by atoms with van der Waals surface area (Å²) in [4.78, 5) is 2.43. The molecule has 1 spiro atoms. The molecular formula is C54H53N3. The molecule has 2 aliphatic rings. The molecule has 0 saturated heterocycles. The monoisotopic (exact) mass is 743 g/mol. The molecule has 3 nitrogen and oxygen atoms in total. The van der Waals surface area contributed by atoms with Gasteiger partial charge in [-0.05, 0) is 98.1 Å². The molecule has 0 saturated carbocycles. The lowest BCUT2D eigenvalue weighted by Gasteiger charge is -2.45. The minimum atomic E-state index is -0.531. The number of benzene rings is 8. The smallest absolute Gasteiger partial charge is 0.0760 e. The zero-order chi connectivity index (χ0) is 39.9. The summed E-state index contributed by atoms with van der Waals surface area (Å²) in [5, 5.41) is 2.54. The largest absolute Gasteiger partial charge is 0.333 e. The predicted molar refractivity (Wildman–Crippen MR) is 244 cm³/mol. The summed E-state index contributed by atoms with van der Waals surface area (Å²) in [6, 6.07) is 69.8. The molecule has 1 heterocycles. The molecule has 4 N–H and O–H groups in total. The molecule has 3 heteroatoms. The number of hydrogen-bond donors (Lipinski definition) is 2. The van der Waals surface area contributed by atoms with Crippen molar-refractivity contribution in [3.8, 4) is 11.1 Å². The quantitative estimate of drug-likeness (QED) is 0.189. The van der Waals surface area contributed by atoms with Crippen LogP contribution in [0.5, 0.6) is 0 Å². The summed E-state index contributed by atoms with van der Waals surface area (Å²) in [5.41, 5.74) is 25.9. The van der Waals surface area contributed by atoms with Crippen LogP contribution in [0.25, 0.3) is 21.9 Å². The zero-order valence-electron chi connectivity index (χ0n) is 33.7. The highest BCUT2D eigenvalue weighted by Gasteiger charge is 2.52. The van der Waals surface area contributed by atoms with Crippen molar-refractivity contribution in [2.75, 3.05) is 11.9 Å². The van der Waals surface area contributed by atoms with Crippen LogP contribution in [0.1, 0.15) is 78.6 Å². The lowest BCUT2D eigenvalue weighted by Crippen LogP contribution is -2.36. The molecule has 0 bridgehead atoms. The molecule has 0 amide bonds. The van der Waals surface area contributed by atoms with Crippen LogP contribution in [-0.4, -0.2) is 7.05 Å². The molecule has 8 aromatic rings. The highest BCUT2D eigenvalue weighted by molar-refractivity contribution is 6.03. The van der Waals surface area contributed by atoms with Crippen molar-refractivity contribution in [3.05, 3.63) is 233 Å². The molecule has 0 fully saturated rings. The number of nitrogens with two attached hydrogens (primary N) is 2. The highest BCUT2D eigenvalue weighted by Crippen LogP contribution is 2.64. The van der Waals surface area contributed by atoms with Gasteiger partial charge in [-0.15, -0.1) is 0 Å². The third-order valence-electron chi connectivity index (χ3n) is 11.1. The SMILES string of the molecule is CC.CC(C)c1ccccc1.CN.NC(c1ccccc1)c1ccc2c(c1)C1(c3ccccc3N(c3ccccc3)c3ccccc31)c1c-2ccc2ccccc12. The summed E-state index contributed by atoms with van der Waals surface area (Å²) in [6.07, 6.45) is 0. The van der Waals surface area contributed by atoms with Gasteiger partial charge in [-0.2, -0.15) is 0 Å². The molecule has 8 aromatic carbocycles.